The predicted octanol–water partition coefficient (Wildman–Crippen LogP) is 4.18. The molecule has 0 aromatic rings. The second kappa shape index (κ2) is 10.3. The average Bonchev–Trinajstić information content (AvgIpc) is 2.42. The molecule has 0 aromatic carbocycles. The molecule has 21 heavy (non-hydrogen) atoms. The second-order valence-electron chi connectivity index (χ2n) is 4.51. The lowest BCUT2D eigenvalue weighted by molar-refractivity contribution is 0.0864. The Morgan fingerprint density at radius 1 is 1.14 bits per heavy atom. The Balaban J connectivity index is 4.69. The van der Waals surface area contributed by atoms with Crippen molar-refractivity contribution in [2.24, 2.45) is 0 Å². The molecule has 0 bridgehead atoms. The van der Waals surface area contributed by atoms with Crippen LogP contribution in [0.25, 0.3) is 0 Å². The van der Waals surface area contributed by atoms with Gasteiger partial charge in [-0.25, -0.2) is 0 Å². The van der Waals surface area contributed by atoms with Crippen molar-refractivity contribution in [3.05, 3.63) is 0 Å². The molecule has 124 valence electrons. The van der Waals surface area contributed by atoms with Crippen LogP contribution in [0.1, 0.15) is 52.9 Å². The van der Waals surface area contributed by atoms with Gasteiger partial charge in [-0.15, -0.1) is 0 Å². The Bertz CT molecular complexity index is 380. The van der Waals surface area contributed by atoms with Gasteiger partial charge in [0.25, 0.3) is 0 Å². The van der Waals surface area contributed by atoms with Crippen LogP contribution in [0.2, 0.25) is 0 Å². The summed E-state index contributed by atoms with van der Waals surface area (Å²) in [5.41, 5.74) is -3.93. The minimum atomic E-state index is -4.63. The van der Waals surface area contributed by atoms with Crippen LogP contribution >= 0.6 is 7.60 Å². The SMILES string of the molecule is CCCCCCC(O)C#CC(F)(F)P(=O)(OCC)OCC. The van der Waals surface area contributed by atoms with Crippen LogP contribution in [-0.2, 0) is 13.6 Å². The molecule has 1 unspecified atom stereocenters. The van der Waals surface area contributed by atoms with Crippen molar-refractivity contribution in [1.29, 1.82) is 0 Å². The summed E-state index contributed by atoms with van der Waals surface area (Å²) in [5, 5.41) is 9.56. The van der Waals surface area contributed by atoms with E-state index in [-0.39, 0.29) is 13.2 Å². The molecule has 0 saturated carbocycles. The van der Waals surface area contributed by atoms with Crippen LogP contribution < -0.4 is 0 Å². The largest absolute Gasteiger partial charge is 0.412 e. The summed E-state index contributed by atoms with van der Waals surface area (Å²) in [7, 11) is -4.63. The topological polar surface area (TPSA) is 55.8 Å². The quantitative estimate of drug-likeness (QED) is 0.372. The van der Waals surface area contributed by atoms with Crippen molar-refractivity contribution in [3.63, 3.8) is 0 Å². The third-order valence-corrected chi connectivity index (χ3v) is 4.66. The van der Waals surface area contributed by atoms with Gasteiger partial charge in [-0.1, -0.05) is 32.1 Å². The number of hydrogen-bond donors (Lipinski definition) is 1. The lowest BCUT2D eigenvalue weighted by Crippen LogP contribution is -2.19. The van der Waals surface area contributed by atoms with E-state index in [4.69, 9.17) is 0 Å². The van der Waals surface area contributed by atoms with Crippen molar-refractivity contribution in [2.75, 3.05) is 13.2 Å². The molecule has 1 N–H and O–H groups in total. The highest BCUT2D eigenvalue weighted by atomic mass is 31.2. The fourth-order valence-corrected chi connectivity index (χ4v) is 2.89. The predicted molar refractivity (Wildman–Crippen MR) is 78.3 cm³/mol. The maximum Gasteiger partial charge on any atom is 0.412 e. The van der Waals surface area contributed by atoms with E-state index in [0.29, 0.717) is 12.8 Å². The smallest absolute Gasteiger partial charge is 0.380 e. The molecule has 0 aliphatic heterocycles. The maximum atomic E-state index is 13.9. The number of halogens is 2. The maximum absolute atomic E-state index is 13.9. The molecule has 0 fully saturated rings. The standard InChI is InChI=1S/C14H25F2O4P/c1-4-7-8-9-10-13(17)11-12-14(15,16)21(18,19-5-2)20-6-3/h13,17H,4-10H2,1-3H3. The molecule has 0 heterocycles. The number of hydrogen-bond acceptors (Lipinski definition) is 4. The molecular weight excluding hydrogens is 301 g/mol. The molecule has 0 aromatic heterocycles. The fraction of sp³-hybridized carbons (Fsp3) is 0.857. The number of unbranched alkanes of at least 4 members (excludes halogenated alkanes) is 3. The highest BCUT2D eigenvalue weighted by Gasteiger charge is 2.52. The summed E-state index contributed by atoms with van der Waals surface area (Å²) in [5.74, 6) is 3.61. The zero-order valence-electron chi connectivity index (χ0n) is 12.9. The third kappa shape index (κ3) is 7.37. The Morgan fingerprint density at radius 2 is 1.71 bits per heavy atom. The monoisotopic (exact) mass is 326 g/mol. The van der Waals surface area contributed by atoms with E-state index >= 15 is 0 Å². The molecule has 1 atom stereocenters. The van der Waals surface area contributed by atoms with Gasteiger partial charge in [-0.3, -0.25) is 4.57 Å². The Labute approximate surface area is 125 Å². The first-order valence-corrected chi connectivity index (χ1v) is 8.85. The van der Waals surface area contributed by atoms with Gasteiger partial charge >= 0.3 is 13.3 Å². The van der Waals surface area contributed by atoms with Crippen LogP contribution in [0.15, 0.2) is 0 Å². The van der Waals surface area contributed by atoms with E-state index in [0.717, 1.165) is 19.3 Å². The molecule has 0 saturated heterocycles. The van der Waals surface area contributed by atoms with Crippen molar-refractivity contribution in [2.45, 2.75) is 64.6 Å². The zero-order chi connectivity index (χ0) is 16.4. The number of aliphatic hydroxyl groups is 1. The summed E-state index contributed by atoms with van der Waals surface area (Å²) in [4.78, 5) is 0. The minimum absolute atomic E-state index is 0.173. The van der Waals surface area contributed by atoms with Crippen molar-refractivity contribution < 1.29 is 27.5 Å². The lowest BCUT2D eigenvalue weighted by Gasteiger charge is -2.21. The van der Waals surface area contributed by atoms with E-state index in [1.165, 1.54) is 13.8 Å². The molecule has 0 spiro atoms. The van der Waals surface area contributed by atoms with Crippen molar-refractivity contribution in [1.82, 2.24) is 0 Å². The Kier molecular flexibility index (Phi) is 10.1. The lowest BCUT2D eigenvalue weighted by atomic mass is 10.1. The van der Waals surface area contributed by atoms with Crippen LogP contribution in [0, 0.1) is 11.8 Å². The summed E-state index contributed by atoms with van der Waals surface area (Å²) in [6.45, 7) is 4.59. The van der Waals surface area contributed by atoms with E-state index in [9.17, 15) is 18.5 Å². The minimum Gasteiger partial charge on any atom is -0.380 e. The first kappa shape index (κ1) is 20.5. The Morgan fingerprint density at radius 3 is 2.19 bits per heavy atom. The zero-order valence-corrected chi connectivity index (χ0v) is 13.8. The van der Waals surface area contributed by atoms with Crippen LogP contribution in [0.4, 0.5) is 8.78 Å². The highest BCUT2D eigenvalue weighted by molar-refractivity contribution is 7.55. The van der Waals surface area contributed by atoms with E-state index in [1.54, 1.807) is 5.92 Å². The van der Waals surface area contributed by atoms with Gasteiger partial charge in [-0.05, 0) is 32.6 Å². The van der Waals surface area contributed by atoms with Crippen LogP contribution in [0.5, 0.6) is 0 Å². The van der Waals surface area contributed by atoms with Gasteiger partial charge in [0.2, 0.25) is 0 Å². The first-order valence-electron chi connectivity index (χ1n) is 7.30. The third-order valence-electron chi connectivity index (χ3n) is 2.66. The van der Waals surface area contributed by atoms with Crippen LogP contribution in [0.3, 0.4) is 0 Å². The molecule has 4 nitrogen and oxygen atoms in total. The average molecular weight is 326 g/mol. The van der Waals surface area contributed by atoms with Gasteiger partial charge in [0.1, 0.15) is 6.10 Å². The molecular formula is C14H25F2O4P. The Hall–Kier alpha value is -0.470. The fourth-order valence-electron chi connectivity index (χ4n) is 1.61. The number of aliphatic hydroxyl groups excluding tert-OH is 1. The van der Waals surface area contributed by atoms with Gasteiger partial charge in [0.05, 0.1) is 13.2 Å². The second-order valence-corrected chi connectivity index (χ2v) is 6.58. The molecule has 0 aliphatic rings. The molecule has 0 rings (SSSR count). The molecule has 0 radical (unpaired) electrons. The number of alkyl halides is 2. The summed E-state index contributed by atoms with van der Waals surface area (Å²) >= 11 is 0. The molecule has 7 heteroatoms. The summed E-state index contributed by atoms with van der Waals surface area (Å²) in [6.07, 6.45) is 2.86. The normalized spacial score (nSPS) is 13.6. The first-order chi connectivity index (χ1) is 9.83. The van der Waals surface area contributed by atoms with E-state index in [1.807, 2.05) is 5.92 Å². The van der Waals surface area contributed by atoms with Gasteiger partial charge < -0.3 is 14.2 Å². The van der Waals surface area contributed by atoms with Crippen LogP contribution in [-0.4, -0.2) is 30.1 Å². The summed E-state index contributed by atoms with van der Waals surface area (Å²) < 4.78 is 48.8. The van der Waals surface area contributed by atoms with Crippen molar-refractivity contribution in [3.8, 4) is 11.8 Å². The highest BCUT2D eigenvalue weighted by Crippen LogP contribution is 2.61. The molecule has 0 amide bonds. The van der Waals surface area contributed by atoms with Gasteiger partial charge in [-0.2, -0.15) is 8.78 Å². The van der Waals surface area contributed by atoms with Gasteiger partial charge in [0.15, 0.2) is 0 Å². The van der Waals surface area contributed by atoms with Crippen molar-refractivity contribution >= 4 is 7.60 Å². The van der Waals surface area contributed by atoms with E-state index in [2.05, 4.69) is 16.0 Å². The van der Waals surface area contributed by atoms with Gasteiger partial charge in [0, 0.05) is 0 Å². The number of rotatable bonds is 10. The molecule has 0 aliphatic carbocycles. The summed E-state index contributed by atoms with van der Waals surface area (Å²) in [6, 6.07) is 0. The van der Waals surface area contributed by atoms with E-state index < -0.39 is 19.4 Å².